The molecule has 0 fully saturated rings. The van der Waals surface area contributed by atoms with Gasteiger partial charge in [0.05, 0.1) is 22.9 Å². The van der Waals surface area contributed by atoms with Crippen molar-refractivity contribution < 1.29 is 4.79 Å². The number of imidazole rings is 1. The van der Waals surface area contributed by atoms with Crippen LogP contribution < -0.4 is 5.32 Å². The van der Waals surface area contributed by atoms with Gasteiger partial charge in [-0.1, -0.05) is 0 Å². The first-order chi connectivity index (χ1) is 8.83. The molecule has 0 saturated carbocycles. The largest absolute Gasteiger partial charge is 0.345 e. The lowest BCUT2D eigenvalue weighted by atomic mass is 10.2. The van der Waals surface area contributed by atoms with Gasteiger partial charge in [-0.25, -0.2) is 15.0 Å². The Bertz CT molecular complexity index is 692. The number of anilines is 1. The smallest absolute Gasteiger partial charge is 0.258 e. The summed E-state index contributed by atoms with van der Waals surface area (Å²) in [7, 11) is 0. The second-order valence-electron chi connectivity index (χ2n) is 3.72. The molecule has 2 N–H and O–H groups in total. The number of rotatable bonds is 2. The summed E-state index contributed by atoms with van der Waals surface area (Å²) >= 11 is 0. The minimum Gasteiger partial charge on any atom is -0.345 e. The first kappa shape index (κ1) is 10.4. The van der Waals surface area contributed by atoms with Gasteiger partial charge in [-0.05, 0) is 18.2 Å². The van der Waals surface area contributed by atoms with Crippen LogP contribution >= 0.6 is 0 Å². The number of fused-ring (bicyclic) bond motifs is 1. The lowest BCUT2D eigenvalue weighted by Crippen LogP contribution is -2.12. The van der Waals surface area contributed by atoms with E-state index in [-0.39, 0.29) is 5.91 Å². The Balaban J connectivity index is 1.86. The Kier molecular flexibility index (Phi) is 2.45. The van der Waals surface area contributed by atoms with Crippen molar-refractivity contribution in [3.8, 4) is 0 Å². The van der Waals surface area contributed by atoms with Gasteiger partial charge in [0, 0.05) is 18.1 Å². The van der Waals surface area contributed by atoms with Gasteiger partial charge in [0.25, 0.3) is 5.91 Å². The second kappa shape index (κ2) is 4.25. The van der Waals surface area contributed by atoms with Gasteiger partial charge < -0.3 is 10.3 Å². The quantitative estimate of drug-likeness (QED) is 0.711. The van der Waals surface area contributed by atoms with Crippen LogP contribution in [0.2, 0.25) is 0 Å². The molecular formula is C12H9N5O. The summed E-state index contributed by atoms with van der Waals surface area (Å²) in [6.07, 6.45) is 5.93. The van der Waals surface area contributed by atoms with E-state index in [4.69, 9.17) is 0 Å². The first-order valence-corrected chi connectivity index (χ1v) is 5.32. The number of H-pyrrole nitrogens is 1. The van der Waals surface area contributed by atoms with Crippen molar-refractivity contribution in [1.82, 2.24) is 19.9 Å². The standard InChI is InChI=1S/C12H9N5O/c18-12(8-4-13-6-14-5-8)17-9-1-2-10-11(3-9)16-7-15-10/h1-7H,(H,15,16)(H,17,18). The van der Waals surface area contributed by atoms with Crippen molar-refractivity contribution in [2.45, 2.75) is 0 Å². The van der Waals surface area contributed by atoms with E-state index in [1.807, 2.05) is 12.1 Å². The van der Waals surface area contributed by atoms with Crippen molar-refractivity contribution in [1.29, 1.82) is 0 Å². The van der Waals surface area contributed by atoms with Crippen LogP contribution in [0.4, 0.5) is 5.69 Å². The number of carbonyl (C=O) groups is 1. The van der Waals surface area contributed by atoms with Gasteiger partial charge in [-0.2, -0.15) is 0 Å². The number of hydrogen-bond donors (Lipinski definition) is 2. The van der Waals surface area contributed by atoms with Gasteiger partial charge in [-0.3, -0.25) is 4.79 Å². The summed E-state index contributed by atoms with van der Waals surface area (Å²) in [5.41, 5.74) is 2.84. The summed E-state index contributed by atoms with van der Waals surface area (Å²) in [6.45, 7) is 0. The highest BCUT2D eigenvalue weighted by molar-refractivity contribution is 6.04. The van der Waals surface area contributed by atoms with E-state index in [2.05, 4.69) is 25.3 Å². The maximum absolute atomic E-state index is 11.9. The van der Waals surface area contributed by atoms with Crippen LogP contribution in [0.15, 0.2) is 43.2 Å². The van der Waals surface area contributed by atoms with E-state index in [9.17, 15) is 4.79 Å². The second-order valence-corrected chi connectivity index (χ2v) is 3.72. The van der Waals surface area contributed by atoms with E-state index in [0.29, 0.717) is 11.3 Å². The van der Waals surface area contributed by atoms with E-state index < -0.39 is 0 Å². The molecule has 18 heavy (non-hydrogen) atoms. The summed E-state index contributed by atoms with van der Waals surface area (Å²) in [5, 5.41) is 2.77. The molecule has 0 saturated heterocycles. The molecule has 2 heterocycles. The molecule has 1 amide bonds. The molecule has 0 aliphatic heterocycles. The predicted molar refractivity (Wildman–Crippen MR) is 66.1 cm³/mol. The number of carbonyl (C=O) groups excluding carboxylic acids is 1. The highest BCUT2D eigenvalue weighted by atomic mass is 16.1. The fraction of sp³-hybridized carbons (Fsp3) is 0. The van der Waals surface area contributed by atoms with Crippen molar-refractivity contribution in [2.24, 2.45) is 0 Å². The average Bonchev–Trinajstić information content (AvgIpc) is 2.87. The Hall–Kier alpha value is -2.76. The van der Waals surface area contributed by atoms with Gasteiger partial charge >= 0.3 is 0 Å². The molecule has 2 aromatic heterocycles. The average molecular weight is 239 g/mol. The molecule has 0 spiro atoms. The Labute approximate surface area is 102 Å². The number of nitrogens with zero attached hydrogens (tertiary/aromatic N) is 3. The molecule has 1 aromatic carbocycles. The Morgan fingerprint density at radius 3 is 2.89 bits per heavy atom. The summed E-state index contributed by atoms with van der Waals surface area (Å²) in [4.78, 5) is 26.6. The normalized spacial score (nSPS) is 10.4. The number of hydrogen-bond acceptors (Lipinski definition) is 4. The minimum atomic E-state index is -0.241. The molecule has 0 aliphatic carbocycles. The van der Waals surface area contributed by atoms with Crippen LogP contribution in [0.25, 0.3) is 11.0 Å². The summed E-state index contributed by atoms with van der Waals surface area (Å²) in [6, 6.07) is 5.46. The molecule has 6 heteroatoms. The number of aromatic nitrogens is 4. The molecule has 88 valence electrons. The van der Waals surface area contributed by atoms with Crippen LogP contribution in [-0.4, -0.2) is 25.8 Å². The van der Waals surface area contributed by atoms with Crippen LogP contribution in [0.5, 0.6) is 0 Å². The topological polar surface area (TPSA) is 83.6 Å². The number of amides is 1. The predicted octanol–water partition coefficient (Wildman–Crippen LogP) is 1.61. The molecule has 3 aromatic rings. The van der Waals surface area contributed by atoms with Crippen molar-refractivity contribution in [3.63, 3.8) is 0 Å². The van der Waals surface area contributed by atoms with Gasteiger partial charge in [-0.15, -0.1) is 0 Å². The lowest BCUT2D eigenvalue weighted by molar-refractivity contribution is 0.102. The van der Waals surface area contributed by atoms with Crippen LogP contribution in [0, 0.1) is 0 Å². The molecule has 0 aliphatic rings. The van der Waals surface area contributed by atoms with E-state index >= 15 is 0 Å². The first-order valence-electron chi connectivity index (χ1n) is 5.32. The number of aromatic amines is 1. The zero-order valence-corrected chi connectivity index (χ0v) is 9.29. The monoisotopic (exact) mass is 239 g/mol. The fourth-order valence-corrected chi connectivity index (χ4v) is 1.63. The van der Waals surface area contributed by atoms with E-state index in [1.54, 1.807) is 12.4 Å². The summed E-state index contributed by atoms with van der Waals surface area (Å²) in [5.74, 6) is -0.241. The maximum Gasteiger partial charge on any atom is 0.258 e. The Morgan fingerprint density at radius 2 is 2.06 bits per heavy atom. The van der Waals surface area contributed by atoms with Crippen molar-refractivity contribution >= 4 is 22.6 Å². The van der Waals surface area contributed by atoms with Crippen molar-refractivity contribution in [2.75, 3.05) is 5.32 Å². The van der Waals surface area contributed by atoms with Crippen LogP contribution in [0.3, 0.4) is 0 Å². The molecule has 0 atom stereocenters. The maximum atomic E-state index is 11.9. The van der Waals surface area contributed by atoms with Gasteiger partial charge in [0.15, 0.2) is 0 Å². The lowest BCUT2D eigenvalue weighted by Gasteiger charge is -2.04. The third-order valence-corrected chi connectivity index (χ3v) is 2.50. The third-order valence-electron chi connectivity index (χ3n) is 2.50. The summed E-state index contributed by atoms with van der Waals surface area (Å²) < 4.78 is 0. The molecular weight excluding hydrogens is 230 g/mol. The zero-order chi connectivity index (χ0) is 12.4. The van der Waals surface area contributed by atoms with Gasteiger partial charge in [0.2, 0.25) is 0 Å². The Morgan fingerprint density at radius 1 is 1.22 bits per heavy atom. The highest BCUT2D eigenvalue weighted by Gasteiger charge is 2.06. The van der Waals surface area contributed by atoms with Crippen molar-refractivity contribution in [3.05, 3.63) is 48.8 Å². The number of nitrogens with one attached hydrogen (secondary N) is 2. The highest BCUT2D eigenvalue weighted by Crippen LogP contribution is 2.16. The minimum absolute atomic E-state index is 0.241. The zero-order valence-electron chi connectivity index (χ0n) is 9.29. The van der Waals surface area contributed by atoms with Gasteiger partial charge in [0.1, 0.15) is 6.33 Å². The molecule has 0 radical (unpaired) electrons. The number of benzene rings is 1. The molecule has 6 nitrogen and oxygen atoms in total. The van der Waals surface area contributed by atoms with Crippen LogP contribution in [0.1, 0.15) is 10.4 Å². The SMILES string of the molecule is O=C(Nc1ccc2nc[nH]c2c1)c1cncnc1. The molecule has 0 bridgehead atoms. The third kappa shape index (κ3) is 1.91. The van der Waals surface area contributed by atoms with E-state index in [1.165, 1.54) is 18.7 Å². The van der Waals surface area contributed by atoms with E-state index in [0.717, 1.165) is 11.0 Å². The fourth-order valence-electron chi connectivity index (χ4n) is 1.63. The molecule has 0 unspecified atom stereocenters. The molecule has 3 rings (SSSR count). The van der Waals surface area contributed by atoms with Crippen LogP contribution in [-0.2, 0) is 0 Å².